The molecule has 0 atom stereocenters. The molecule has 1 aliphatic rings. The van der Waals surface area contributed by atoms with Crippen molar-refractivity contribution in [2.24, 2.45) is 0 Å². The van der Waals surface area contributed by atoms with Gasteiger partial charge < -0.3 is 5.32 Å². The molecule has 0 spiro atoms. The highest BCUT2D eigenvalue weighted by molar-refractivity contribution is 7.89. The van der Waals surface area contributed by atoms with Crippen molar-refractivity contribution >= 4 is 33.1 Å². The number of rotatable bonds is 5. The van der Waals surface area contributed by atoms with Crippen LogP contribution in [0.5, 0.6) is 0 Å². The third-order valence-electron chi connectivity index (χ3n) is 5.40. The molecule has 4 aromatic rings. The maximum atomic E-state index is 13.4. The SMILES string of the molecule is O=C(Nc1ccn(-c2ccccc2)n1)c1sccc1S(=O)(=O)N1CCc2ccccc2C1. The molecule has 32 heavy (non-hydrogen) atoms. The van der Waals surface area contributed by atoms with Crippen LogP contribution in [0, 0.1) is 0 Å². The van der Waals surface area contributed by atoms with Crippen molar-refractivity contribution in [2.45, 2.75) is 17.9 Å². The summed E-state index contributed by atoms with van der Waals surface area (Å²) in [5.41, 5.74) is 3.02. The van der Waals surface area contributed by atoms with Crippen LogP contribution in [0.1, 0.15) is 20.8 Å². The number of aromatic nitrogens is 2. The van der Waals surface area contributed by atoms with Gasteiger partial charge in [-0.1, -0.05) is 42.5 Å². The minimum atomic E-state index is -3.81. The number of hydrogen-bond donors (Lipinski definition) is 1. The average molecular weight is 465 g/mol. The number of anilines is 1. The molecule has 5 rings (SSSR count). The van der Waals surface area contributed by atoms with E-state index in [0.29, 0.717) is 25.3 Å². The molecule has 0 aliphatic carbocycles. The molecule has 7 nitrogen and oxygen atoms in total. The lowest BCUT2D eigenvalue weighted by Gasteiger charge is -2.28. The number of carbonyl (C=O) groups is 1. The third-order valence-corrected chi connectivity index (χ3v) is 8.33. The van der Waals surface area contributed by atoms with Crippen LogP contribution in [0.4, 0.5) is 5.82 Å². The summed E-state index contributed by atoms with van der Waals surface area (Å²) >= 11 is 1.10. The average Bonchev–Trinajstić information content (AvgIpc) is 3.50. The Bertz CT molecular complexity index is 1380. The molecule has 0 fully saturated rings. The Morgan fingerprint density at radius 2 is 1.72 bits per heavy atom. The molecule has 0 bridgehead atoms. The Labute approximate surface area is 190 Å². The van der Waals surface area contributed by atoms with Gasteiger partial charge in [0.2, 0.25) is 10.0 Å². The number of benzene rings is 2. The summed E-state index contributed by atoms with van der Waals surface area (Å²) in [6.45, 7) is 0.689. The molecule has 2 aromatic carbocycles. The molecule has 0 saturated heterocycles. The van der Waals surface area contributed by atoms with E-state index in [1.165, 1.54) is 10.4 Å². The van der Waals surface area contributed by atoms with Gasteiger partial charge in [-0.2, -0.15) is 9.40 Å². The lowest BCUT2D eigenvalue weighted by Crippen LogP contribution is -2.36. The number of fused-ring (bicyclic) bond motifs is 1. The van der Waals surface area contributed by atoms with E-state index in [2.05, 4.69) is 10.4 Å². The zero-order valence-corrected chi connectivity index (χ0v) is 18.6. The topological polar surface area (TPSA) is 84.3 Å². The van der Waals surface area contributed by atoms with Crippen molar-refractivity contribution in [2.75, 3.05) is 11.9 Å². The second kappa shape index (κ2) is 8.34. The highest BCUT2D eigenvalue weighted by Gasteiger charge is 2.32. The van der Waals surface area contributed by atoms with Crippen LogP contribution >= 0.6 is 11.3 Å². The lowest BCUT2D eigenvalue weighted by atomic mass is 10.0. The number of amides is 1. The van der Waals surface area contributed by atoms with Gasteiger partial charge in [0.25, 0.3) is 5.91 Å². The molecule has 3 heterocycles. The fourth-order valence-electron chi connectivity index (χ4n) is 3.77. The molecule has 2 aromatic heterocycles. The van der Waals surface area contributed by atoms with E-state index in [1.54, 1.807) is 22.3 Å². The van der Waals surface area contributed by atoms with Crippen molar-refractivity contribution in [1.29, 1.82) is 0 Å². The highest BCUT2D eigenvalue weighted by Crippen LogP contribution is 2.30. The maximum Gasteiger partial charge on any atom is 0.268 e. The highest BCUT2D eigenvalue weighted by atomic mass is 32.2. The number of nitrogens with one attached hydrogen (secondary N) is 1. The van der Waals surface area contributed by atoms with E-state index >= 15 is 0 Å². The van der Waals surface area contributed by atoms with Crippen molar-refractivity contribution < 1.29 is 13.2 Å². The molecule has 0 radical (unpaired) electrons. The van der Waals surface area contributed by atoms with E-state index in [9.17, 15) is 13.2 Å². The number of carbonyl (C=O) groups excluding carboxylic acids is 1. The van der Waals surface area contributed by atoms with Crippen molar-refractivity contribution in [3.8, 4) is 5.69 Å². The molecule has 9 heteroatoms. The van der Waals surface area contributed by atoms with E-state index in [-0.39, 0.29) is 9.77 Å². The van der Waals surface area contributed by atoms with E-state index in [0.717, 1.165) is 28.2 Å². The Hall–Kier alpha value is -3.27. The first-order chi connectivity index (χ1) is 15.5. The fourth-order valence-corrected chi connectivity index (χ4v) is 6.48. The van der Waals surface area contributed by atoms with Crippen molar-refractivity contribution in [3.05, 3.63) is 94.3 Å². The molecule has 1 aliphatic heterocycles. The van der Waals surface area contributed by atoms with Crippen molar-refractivity contribution in [3.63, 3.8) is 0 Å². The second-order valence-electron chi connectivity index (χ2n) is 7.41. The molecule has 162 valence electrons. The molecule has 0 unspecified atom stereocenters. The second-order valence-corrected chi connectivity index (χ2v) is 10.2. The van der Waals surface area contributed by atoms with Crippen LogP contribution in [-0.4, -0.2) is 35.0 Å². The summed E-state index contributed by atoms with van der Waals surface area (Å²) in [6.07, 6.45) is 2.39. The van der Waals surface area contributed by atoms with Gasteiger partial charge in [-0.25, -0.2) is 13.1 Å². The molecular weight excluding hydrogens is 444 g/mol. The summed E-state index contributed by atoms with van der Waals surface area (Å²) in [6, 6.07) is 20.5. The first-order valence-electron chi connectivity index (χ1n) is 10.1. The summed E-state index contributed by atoms with van der Waals surface area (Å²) in [7, 11) is -3.81. The zero-order chi connectivity index (χ0) is 22.1. The van der Waals surface area contributed by atoms with Crippen LogP contribution in [-0.2, 0) is 23.0 Å². The summed E-state index contributed by atoms with van der Waals surface area (Å²) in [5, 5.41) is 8.72. The molecule has 0 saturated carbocycles. The van der Waals surface area contributed by atoms with Gasteiger partial charge in [0.05, 0.1) is 5.69 Å². The maximum absolute atomic E-state index is 13.4. The molecule has 1 amide bonds. The Balaban J connectivity index is 1.36. The fraction of sp³-hybridized carbons (Fsp3) is 0.130. The van der Waals surface area contributed by atoms with Crippen molar-refractivity contribution in [1.82, 2.24) is 14.1 Å². The Morgan fingerprint density at radius 3 is 2.53 bits per heavy atom. The van der Waals surface area contributed by atoms with Gasteiger partial charge in [-0.05, 0) is 41.1 Å². The standard InChI is InChI=1S/C23H20N4O3S2/c28-23(24-21-11-14-27(25-21)19-8-2-1-3-9-19)22-20(12-15-31-22)32(29,30)26-13-10-17-6-4-5-7-18(17)16-26/h1-9,11-12,14-15H,10,13,16H2,(H,24,25,28). The van der Waals surface area contributed by atoms with Crippen LogP contribution in [0.25, 0.3) is 5.69 Å². The smallest absolute Gasteiger partial charge is 0.268 e. The predicted octanol–water partition coefficient (Wildman–Crippen LogP) is 3.93. The van der Waals surface area contributed by atoms with Gasteiger partial charge in [0.1, 0.15) is 9.77 Å². The molecular formula is C23H20N4O3S2. The lowest BCUT2D eigenvalue weighted by molar-refractivity contribution is 0.102. The number of thiophene rings is 1. The summed E-state index contributed by atoms with van der Waals surface area (Å²) in [5.74, 6) is -0.142. The molecule has 1 N–H and O–H groups in total. The number of para-hydroxylation sites is 1. The monoisotopic (exact) mass is 464 g/mol. The number of hydrogen-bond acceptors (Lipinski definition) is 5. The first-order valence-corrected chi connectivity index (χ1v) is 12.4. The normalized spacial score (nSPS) is 14.1. The Morgan fingerprint density at radius 1 is 0.969 bits per heavy atom. The van der Waals surface area contributed by atoms with Gasteiger partial charge >= 0.3 is 0 Å². The van der Waals surface area contributed by atoms with Gasteiger partial charge in [0.15, 0.2) is 5.82 Å². The first kappa shape index (κ1) is 20.6. The number of nitrogens with zero attached hydrogens (tertiary/aromatic N) is 3. The zero-order valence-electron chi connectivity index (χ0n) is 17.0. The van der Waals surface area contributed by atoms with Crippen LogP contribution in [0.2, 0.25) is 0 Å². The largest absolute Gasteiger partial charge is 0.304 e. The minimum absolute atomic E-state index is 0.0295. The van der Waals surface area contributed by atoms with Crippen LogP contribution < -0.4 is 5.32 Å². The van der Waals surface area contributed by atoms with Gasteiger partial charge in [0, 0.05) is 25.4 Å². The summed E-state index contributed by atoms with van der Waals surface area (Å²) in [4.78, 5) is 13.1. The minimum Gasteiger partial charge on any atom is -0.304 e. The third kappa shape index (κ3) is 3.86. The predicted molar refractivity (Wildman–Crippen MR) is 124 cm³/mol. The van der Waals surface area contributed by atoms with E-state index in [4.69, 9.17) is 0 Å². The van der Waals surface area contributed by atoms with Crippen LogP contribution in [0.15, 0.2) is 83.2 Å². The van der Waals surface area contributed by atoms with Gasteiger partial charge in [-0.15, -0.1) is 11.3 Å². The number of sulfonamides is 1. The van der Waals surface area contributed by atoms with Gasteiger partial charge in [-0.3, -0.25) is 4.79 Å². The van der Waals surface area contributed by atoms with E-state index < -0.39 is 15.9 Å². The Kier molecular flexibility index (Phi) is 5.38. The summed E-state index contributed by atoms with van der Waals surface area (Å²) < 4.78 is 29.8. The van der Waals surface area contributed by atoms with Crippen LogP contribution in [0.3, 0.4) is 0 Å². The van der Waals surface area contributed by atoms with E-state index in [1.807, 2.05) is 54.6 Å². The quantitative estimate of drug-likeness (QED) is 0.485.